The summed E-state index contributed by atoms with van der Waals surface area (Å²) in [6, 6.07) is 4.30. The summed E-state index contributed by atoms with van der Waals surface area (Å²) in [5, 5.41) is 0. The van der Waals surface area contributed by atoms with Crippen molar-refractivity contribution in [3.05, 3.63) is 36.3 Å². The van der Waals surface area contributed by atoms with Crippen LogP contribution in [0.4, 0.5) is 0 Å². The minimum atomic E-state index is 0.290. The monoisotopic (exact) mass is 202 g/mol. The molecule has 0 atom stereocenters. The number of nitrogens with zero attached hydrogens (tertiary/aromatic N) is 2. The van der Waals surface area contributed by atoms with Gasteiger partial charge in [0.25, 0.3) is 0 Å². The molecule has 2 nitrogen and oxygen atoms in total. The standard InChI is InChI=1S/C13H18N2/c1-4-13(3,5-2)11-6-7-12-14-8-9-15(12)10-11/h6-10H,4-5H2,1-3H3. The highest BCUT2D eigenvalue weighted by molar-refractivity contribution is 5.41. The Morgan fingerprint density at radius 2 is 2.00 bits per heavy atom. The molecule has 0 saturated carbocycles. The van der Waals surface area contributed by atoms with Gasteiger partial charge >= 0.3 is 0 Å². The molecule has 2 heteroatoms. The number of rotatable bonds is 3. The van der Waals surface area contributed by atoms with Crippen molar-refractivity contribution in [1.29, 1.82) is 0 Å². The Morgan fingerprint density at radius 3 is 2.67 bits per heavy atom. The third-order valence-corrected chi connectivity index (χ3v) is 3.65. The van der Waals surface area contributed by atoms with E-state index in [4.69, 9.17) is 0 Å². The van der Waals surface area contributed by atoms with Crippen LogP contribution < -0.4 is 0 Å². The molecule has 0 N–H and O–H groups in total. The molecule has 0 aliphatic carbocycles. The van der Waals surface area contributed by atoms with Gasteiger partial charge in [0.05, 0.1) is 0 Å². The van der Waals surface area contributed by atoms with Crippen LogP contribution in [-0.4, -0.2) is 9.38 Å². The van der Waals surface area contributed by atoms with Crippen molar-refractivity contribution in [3.8, 4) is 0 Å². The molecule has 0 spiro atoms. The molecule has 0 aromatic carbocycles. The molecule has 2 aromatic heterocycles. The van der Waals surface area contributed by atoms with Crippen LogP contribution in [0.3, 0.4) is 0 Å². The van der Waals surface area contributed by atoms with E-state index in [-0.39, 0.29) is 0 Å². The Kier molecular flexibility index (Phi) is 2.51. The first kappa shape index (κ1) is 10.2. The third kappa shape index (κ3) is 1.65. The van der Waals surface area contributed by atoms with Crippen molar-refractivity contribution in [1.82, 2.24) is 9.38 Å². The molecular formula is C13H18N2. The Morgan fingerprint density at radius 1 is 1.27 bits per heavy atom. The number of pyridine rings is 1. The molecule has 2 aromatic rings. The molecule has 0 bridgehead atoms. The molecule has 0 unspecified atom stereocenters. The Hall–Kier alpha value is -1.31. The minimum absolute atomic E-state index is 0.290. The summed E-state index contributed by atoms with van der Waals surface area (Å²) < 4.78 is 2.10. The Balaban J connectivity index is 2.51. The predicted molar refractivity (Wildman–Crippen MR) is 63.1 cm³/mol. The van der Waals surface area contributed by atoms with Gasteiger partial charge in [-0.1, -0.05) is 26.8 Å². The van der Waals surface area contributed by atoms with E-state index in [0.717, 1.165) is 5.65 Å². The van der Waals surface area contributed by atoms with Gasteiger partial charge in [-0.05, 0) is 29.9 Å². The summed E-state index contributed by atoms with van der Waals surface area (Å²) in [4.78, 5) is 4.26. The number of imidazole rings is 1. The van der Waals surface area contributed by atoms with Gasteiger partial charge in [-0.2, -0.15) is 0 Å². The van der Waals surface area contributed by atoms with Gasteiger partial charge in [0.1, 0.15) is 5.65 Å². The van der Waals surface area contributed by atoms with Crippen molar-refractivity contribution >= 4 is 5.65 Å². The van der Waals surface area contributed by atoms with E-state index >= 15 is 0 Å². The lowest BCUT2D eigenvalue weighted by Gasteiger charge is -2.27. The van der Waals surface area contributed by atoms with Crippen LogP contribution in [0.2, 0.25) is 0 Å². The van der Waals surface area contributed by atoms with Crippen LogP contribution in [0.5, 0.6) is 0 Å². The van der Waals surface area contributed by atoms with Gasteiger partial charge in [-0.25, -0.2) is 4.98 Å². The smallest absolute Gasteiger partial charge is 0.136 e. The second-order valence-corrected chi connectivity index (χ2v) is 4.38. The maximum atomic E-state index is 4.26. The summed E-state index contributed by atoms with van der Waals surface area (Å²) in [7, 11) is 0. The Bertz CT molecular complexity index is 452. The number of hydrogen-bond donors (Lipinski definition) is 0. The summed E-state index contributed by atoms with van der Waals surface area (Å²) in [5.41, 5.74) is 2.71. The van der Waals surface area contributed by atoms with E-state index in [1.54, 1.807) is 0 Å². The lowest BCUT2D eigenvalue weighted by atomic mass is 9.79. The fourth-order valence-corrected chi connectivity index (χ4v) is 1.94. The molecule has 2 heterocycles. The average molecular weight is 202 g/mol. The van der Waals surface area contributed by atoms with E-state index < -0.39 is 0 Å². The first-order chi connectivity index (χ1) is 7.19. The summed E-state index contributed by atoms with van der Waals surface area (Å²) in [6.45, 7) is 6.83. The lowest BCUT2D eigenvalue weighted by molar-refractivity contribution is 0.437. The van der Waals surface area contributed by atoms with E-state index in [1.165, 1.54) is 18.4 Å². The largest absolute Gasteiger partial charge is 0.307 e. The molecule has 15 heavy (non-hydrogen) atoms. The van der Waals surface area contributed by atoms with Gasteiger partial charge in [0.2, 0.25) is 0 Å². The van der Waals surface area contributed by atoms with Gasteiger partial charge in [-0.3, -0.25) is 0 Å². The highest BCUT2D eigenvalue weighted by atomic mass is 15.0. The summed E-state index contributed by atoms with van der Waals surface area (Å²) >= 11 is 0. The molecule has 2 rings (SSSR count). The third-order valence-electron chi connectivity index (χ3n) is 3.65. The lowest BCUT2D eigenvalue weighted by Crippen LogP contribution is -2.19. The molecule has 0 aliphatic heterocycles. The maximum absolute atomic E-state index is 4.26. The van der Waals surface area contributed by atoms with Crippen LogP contribution >= 0.6 is 0 Å². The van der Waals surface area contributed by atoms with E-state index in [9.17, 15) is 0 Å². The van der Waals surface area contributed by atoms with E-state index in [1.807, 2.05) is 12.4 Å². The molecule has 0 radical (unpaired) electrons. The molecule has 0 saturated heterocycles. The van der Waals surface area contributed by atoms with Gasteiger partial charge in [0, 0.05) is 18.6 Å². The maximum Gasteiger partial charge on any atom is 0.136 e. The summed E-state index contributed by atoms with van der Waals surface area (Å²) in [5.74, 6) is 0. The van der Waals surface area contributed by atoms with Crippen LogP contribution in [-0.2, 0) is 5.41 Å². The normalized spacial score (nSPS) is 12.2. The minimum Gasteiger partial charge on any atom is -0.307 e. The molecule has 80 valence electrons. The highest BCUT2D eigenvalue weighted by Gasteiger charge is 2.22. The van der Waals surface area contributed by atoms with E-state index in [2.05, 4.69) is 48.5 Å². The highest BCUT2D eigenvalue weighted by Crippen LogP contribution is 2.30. The zero-order valence-corrected chi connectivity index (χ0v) is 9.70. The summed E-state index contributed by atoms with van der Waals surface area (Å²) in [6.07, 6.45) is 8.39. The number of fused-ring (bicyclic) bond motifs is 1. The predicted octanol–water partition coefficient (Wildman–Crippen LogP) is 3.41. The number of aromatic nitrogens is 2. The first-order valence-corrected chi connectivity index (χ1v) is 5.63. The molecule has 0 amide bonds. The van der Waals surface area contributed by atoms with Crippen molar-refractivity contribution in [2.75, 3.05) is 0 Å². The Labute approximate surface area is 91.0 Å². The SMILES string of the molecule is CCC(C)(CC)c1ccc2nccn2c1. The van der Waals surface area contributed by atoms with Gasteiger partial charge in [-0.15, -0.1) is 0 Å². The number of hydrogen-bond acceptors (Lipinski definition) is 1. The van der Waals surface area contributed by atoms with Crippen molar-refractivity contribution < 1.29 is 0 Å². The van der Waals surface area contributed by atoms with Crippen molar-refractivity contribution in [2.45, 2.75) is 39.0 Å². The fourth-order valence-electron chi connectivity index (χ4n) is 1.94. The van der Waals surface area contributed by atoms with Crippen LogP contribution in [0.15, 0.2) is 30.7 Å². The second-order valence-electron chi connectivity index (χ2n) is 4.38. The first-order valence-electron chi connectivity index (χ1n) is 5.63. The zero-order chi connectivity index (χ0) is 10.9. The van der Waals surface area contributed by atoms with Gasteiger partial charge in [0.15, 0.2) is 0 Å². The van der Waals surface area contributed by atoms with Crippen LogP contribution in [0, 0.1) is 0 Å². The quantitative estimate of drug-likeness (QED) is 0.745. The van der Waals surface area contributed by atoms with Crippen LogP contribution in [0.1, 0.15) is 39.2 Å². The van der Waals surface area contributed by atoms with Crippen LogP contribution in [0.25, 0.3) is 5.65 Å². The van der Waals surface area contributed by atoms with Crippen molar-refractivity contribution in [3.63, 3.8) is 0 Å². The van der Waals surface area contributed by atoms with Crippen molar-refractivity contribution in [2.24, 2.45) is 0 Å². The molecular weight excluding hydrogens is 184 g/mol. The fraction of sp³-hybridized carbons (Fsp3) is 0.462. The second kappa shape index (κ2) is 3.69. The topological polar surface area (TPSA) is 17.3 Å². The molecule has 0 aliphatic rings. The average Bonchev–Trinajstić information content (AvgIpc) is 2.74. The van der Waals surface area contributed by atoms with E-state index in [0.29, 0.717) is 5.41 Å². The van der Waals surface area contributed by atoms with Gasteiger partial charge < -0.3 is 4.40 Å². The zero-order valence-electron chi connectivity index (χ0n) is 9.70. The molecule has 0 fully saturated rings.